The SMILES string of the molecule is CCOC(=O)c1csc(Nc2ccc(C(C)(C)C)cc2)n1. The van der Waals surface area contributed by atoms with Gasteiger partial charge in [-0.1, -0.05) is 32.9 Å². The van der Waals surface area contributed by atoms with Crippen molar-refractivity contribution in [2.75, 3.05) is 11.9 Å². The molecule has 5 heteroatoms. The minimum absolute atomic E-state index is 0.136. The van der Waals surface area contributed by atoms with E-state index in [-0.39, 0.29) is 11.4 Å². The smallest absolute Gasteiger partial charge is 0.357 e. The third-order valence-corrected chi connectivity index (χ3v) is 3.75. The Morgan fingerprint density at radius 1 is 1.29 bits per heavy atom. The first-order chi connectivity index (χ1) is 9.90. The molecule has 21 heavy (non-hydrogen) atoms. The molecule has 4 nitrogen and oxygen atoms in total. The quantitative estimate of drug-likeness (QED) is 0.853. The number of hydrogen-bond acceptors (Lipinski definition) is 5. The predicted molar refractivity (Wildman–Crippen MR) is 86.5 cm³/mol. The third kappa shape index (κ3) is 4.04. The molecule has 0 aliphatic heterocycles. The molecular weight excluding hydrogens is 284 g/mol. The average molecular weight is 304 g/mol. The fourth-order valence-electron chi connectivity index (χ4n) is 1.81. The second kappa shape index (κ2) is 6.26. The van der Waals surface area contributed by atoms with Crippen LogP contribution in [-0.4, -0.2) is 17.6 Å². The normalized spacial score (nSPS) is 11.2. The largest absolute Gasteiger partial charge is 0.461 e. The van der Waals surface area contributed by atoms with E-state index in [0.717, 1.165) is 5.69 Å². The lowest BCUT2D eigenvalue weighted by Gasteiger charge is -2.19. The molecule has 1 aromatic carbocycles. The average Bonchev–Trinajstić information content (AvgIpc) is 2.87. The highest BCUT2D eigenvalue weighted by molar-refractivity contribution is 7.14. The molecular formula is C16H20N2O2S. The van der Waals surface area contributed by atoms with E-state index in [2.05, 4.69) is 43.2 Å². The summed E-state index contributed by atoms with van der Waals surface area (Å²) in [5.74, 6) is -0.384. The zero-order chi connectivity index (χ0) is 15.5. The van der Waals surface area contributed by atoms with E-state index >= 15 is 0 Å². The minimum atomic E-state index is -0.384. The monoisotopic (exact) mass is 304 g/mol. The lowest BCUT2D eigenvalue weighted by atomic mass is 9.87. The number of anilines is 2. The van der Waals surface area contributed by atoms with E-state index in [1.807, 2.05) is 12.1 Å². The number of carbonyl (C=O) groups is 1. The number of nitrogens with one attached hydrogen (secondary N) is 1. The van der Waals surface area contributed by atoms with Gasteiger partial charge in [-0.25, -0.2) is 9.78 Å². The summed E-state index contributed by atoms with van der Waals surface area (Å²) in [6.45, 7) is 8.68. The van der Waals surface area contributed by atoms with Gasteiger partial charge in [0.25, 0.3) is 0 Å². The van der Waals surface area contributed by atoms with E-state index in [9.17, 15) is 4.79 Å². The lowest BCUT2D eigenvalue weighted by molar-refractivity contribution is 0.0520. The Labute approximate surface area is 129 Å². The van der Waals surface area contributed by atoms with E-state index in [4.69, 9.17) is 4.74 Å². The Morgan fingerprint density at radius 2 is 1.95 bits per heavy atom. The van der Waals surface area contributed by atoms with Gasteiger partial charge >= 0.3 is 5.97 Å². The first-order valence-electron chi connectivity index (χ1n) is 6.90. The molecule has 0 saturated carbocycles. The van der Waals surface area contributed by atoms with Crippen molar-refractivity contribution in [3.63, 3.8) is 0 Å². The van der Waals surface area contributed by atoms with Crippen molar-refractivity contribution in [2.24, 2.45) is 0 Å². The molecule has 0 unspecified atom stereocenters. The van der Waals surface area contributed by atoms with Crippen LogP contribution in [0.5, 0.6) is 0 Å². The second-order valence-electron chi connectivity index (χ2n) is 5.71. The summed E-state index contributed by atoms with van der Waals surface area (Å²) < 4.78 is 4.92. The predicted octanol–water partition coefficient (Wildman–Crippen LogP) is 4.36. The van der Waals surface area contributed by atoms with Gasteiger partial charge in [0.05, 0.1) is 6.61 Å². The van der Waals surface area contributed by atoms with E-state index in [1.54, 1.807) is 12.3 Å². The van der Waals surface area contributed by atoms with Gasteiger partial charge in [0.15, 0.2) is 10.8 Å². The van der Waals surface area contributed by atoms with Crippen LogP contribution in [0.15, 0.2) is 29.6 Å². The molecule has 2 rings (SSSR count). The number of nitrogens with zero attached hydrogens (tertiary/aromatic N) is 1. The molecule has 112 valence electrons. The van der Waals surface area contributed by atoms with Gasteiger partial charge in [-0.2, -0.15) is 0 Å². The summed E-state index contributed by atoms with van der Waals surface area (Å²) in [5.41, 5.74) is 2.71. The second-order valence-corrected chi connectivity index (χ2v) is 6.57. The molecule has 1 heterocycles. The maximum absolute atomic E-state index is 11.6. The van der Waals surface area contributed by atoms with Crippen LogP contribution in [0, 0.1) is 0 Å². The van der Waals surface area contributed by atoms with Crippen molar-refractivity contribution in [1.29, 1.82) is 0 Å². The highest BCUT2D eigenvalue weighted by atomic mass is 32.1. The highest BCUT2D eigenvalue weighted by Gasteiger charge is 2.14. The molecule has 0 spiro atoms. The van der Waals surface area contributed by atoms with Crippen molar-refractivity contribution in [2.45, 2.75) is 33.1 Å². The van der Waals surface area contributed by atoms with Crippen LogP contribution in [0.4, 0.5) is 10.8 Å². The Morgan fingerprint density at radius 3 is 2.52 bits per heavy atom. The Hall–Kier alpha value is -1.88. The molecule has 0 aliphatic carbocycles. The number of benzene rings is 1. The number of hydrogen-bond donors (Lipinski definition) is 1. The zero-order valence-electron chi connectivity index (χ0n) is 12.8. The first-order valence-corrected chi connectivity index (χ1v) is 7.78. The molecule has 0 amide bonds. The Balaban J connectivity index is 2.07. The number of rotatable bonds is 4. The highest BCUT2D eigenvalue weighted by Crippen LogP contribution is 2.26. The van der Waals surface area contributed by atoms with Crippen molar-refractivity contribution >= 4 is 28.1 Å². The molecule has 0 saturated heterocycles. The van der Waals surface area contributed by atoms with Gasteiger partial charge < -0.3 is 10.1 Å². The first kappa shape index (κ1) is 15.5. The molecule has 1 N–H and O–H groups in total. The van der Waals surface area contributed by atoms with Crippen LogP contribution in [0.1, 0.15) is 43.7 Å². The van der Waals surface area contributed by atoms with Crippen molar-refractivity contribution in [1.82, 2.24) is 4.98 Å². The van der Waals surface area contributed by atoms with Crippen molar-refractivity contribution in [3.05, 3.63) is 40.9 Å². The molecule has 0 fully saturated rings. The van der Waals surface area contributed by atoms with Crippen LogP contribution in [-0.2, 0) is 10.2 Å². The fourth-order valence-corrected chi connectivity index (χ4v) is 2.51. The molecule has 0 aliphatic rings. The summed E-state index contributed by atoms with van der Waals surface area (Å²) in [6, 6.07) is 8.24. The molecule has 1 aromatic heterocycles. The Kier molecular flexibility index (Phi) is 4.63. The maximum Gasteiger partial charge on any atom is 0.357 e. The van der Waals surface area contributed by atoms with Crippen LogP contribution >= 0.6 is 11.3 Å². The number of ether oxygens (including phenoxy) is 1. The molecule has 0 atom stereocenters. The standard InChI is InChI=1S/C16H20N2O2S/c1-5-20-14(19)13-10-21-15(18-13)17-12-8-6-11(7-9-12)16(2,3)4/h6-10H,5H2,1-4H3,(H,17,18). The van der Waals surface area contributed by atoms with Gasteiger partial charge in [0.1, 0.15) is 0 Å². The summed E-state index contributed by atoms with van der Waals surface area (Å²) >= 11 is 1.39. The van der Waals surface area contributed by atoms with Gasteiger partial charge in [-0.3, -0.25) is 0 Å². The maximum atomic E-state index is 11.6. The van der Waals surface area contributed by atoms with Gasteiger partial charge in [-0.15, -0.1) is 11.3 Å². The lowest BCUT2D eigenvalue weighted by Crippen LogP contribution is -2.10. The number of esters is 1. The van der Waals surface area contributed by atoms with E-state index < -0.39 is 0 Å². The van der Waals surface area contributed by atoms with Gasteiger partial charge in [0.2, 0.25) is 0 Å². The van der Waals surface area contributed by atoms with Gasteiger partial charge in [0, 0.05) is 11.1 Å². The van der Waals surface area contributed by atoms with Gasteiger partial charge in [-0.05, 0) is 30.0 Å². The summed E-state index contributed by atoms with van der Waals surface area (Å²) in [5, 5.41) is 5.58. The summed E-state index contributed by atoms with van der Waals surface area (Å²) in [4.78, 5) is 15.8. The molecule has 0 bridgehead atoms. The van der Waals surface area contributed by atoms with Crippen LogP contribution in [0.2, 0.25) is 0 Å². The van der Waals surface area contributed by atoms with Crippen LogP contribution in [0.3, 0.4) is 0 Å². The minimum Gasteiger partial charge on any atom is -0.461 e. The van der Waals surface area contributed by atoms with Crippen molar-refractivity contribution in [3.8, 4) is 0 Å². The topological polar surface area (TPSA) is 51.2 Å². The van der Waals surface area contributed by atoms with E-state index in [0.29, 0.717) is 17.4 Å². The summed E-state index contributed by atoms with van der Waals surface area (Å²) in [7, 11) is 0. The number of thiazole rings is 1. The Bertz CT molecular complexity index is 612. The molecule has 2 aromatic rings. The molecule has 0 radical (unpaired) electrons. The van der Waals surface area contributed by atoms with Crippen LogP contribution in [0.25, 0.3) is 0 Å². The van der Waals surface area contributed by atoms with Crippen molar-refractivity contribution < 1.29 is 9.53 Å². The fraction of sp³-hybridized carbons (Fsp3) is 0.375. The number of carbonyl (C=O) groups excluding carboxylic acids is 1. The summed E-state index contributed by atoms with van der Waals surface area (Å²) in [6.07, 6.45) is 0. The van der Waals surface area contributed by atoms with E-state index in [1.165, 1.54) is 16.9 Å². The third-order valence-electron chi connectivity index (χ3n) is 2.99. The zero-order valence-corrected chi connectivity index (χ0v) is 13.6. The number of aromatic nitrogens is 1. The van der Waals surface area contributed by atoms with Crippen LogP contribution < -0.4 is 5.32 Å².